The fraction of sp³-hybridized carbons (Fsp3) is 0.474. The molecule has 1 fully saturated rings. The number of carbonyl (C=O) groups excluding carboxylic acids is 1. The van der Waals surface area contributed by atoms with Gasteiger partial charge in [0.2, 0.25) is 0 Å². The van der Waals surface area contributed by atoms with E-state index in [1.807, 2.05) is 45.0 Å². The monoisotopic (exact) mass is 363 g/mol. The summed E-state index contributed by atoms with van der Waals surface area (Å²) in [7, 11) is 0. The molecular weight excluding hydrogens is 340 g/mol. The van der Waals surface area contributed by atoms with Crippen molar-refractivity contribution in [2.24, 2.45) is 0 Å². The zero-order valence-electron chi connectivity index (χ0n) is 15.4. The maximum atomic E-state index is 12.8. The van der Waals surface area contributed by atoms with E-state index in [0.717, 1.165) is 11.3 Å². The second-order valence-electron chi connectivity index (χ2n) is 7.60. The van der Waals surface area contributed by atoms with Gasteiger partial charge in [-0.2, -0.15) is 5.10 Å². The van der Waals surface area contributed by atoms with E-state index >= 15 is 0 Å². The van der Waals surface area contributed by atoms with Crippen LogP contribution in [0.25, 0.3) is 5.69 Å². The van der Waals surface area contributed by atoms with Crippen LogP contribution in [0.2, 0.25) is 0 Å². The third-order valence-corrected chi connectivity index (χ3v) is 4.27. The number of benzene rings is 1. The molecule has 0 radical (unpaired) electrons. The lowest BCUT2D eigenvalue weighted by Gasteiger charge is -2.40. The van der Waals surface area contributed by atoms with Crippen molar-refractivity contribution in [1.29, 1.82) is 0 Å². The van der Waals surface area contributed by atoms with Crippen LogP contribution >= 0.6 is 0 Å². The second kappa shape index (κ2) is 6.70. The number of hydrogen-bond donors (Lipinski definition) is 0. The highest BCUT2D eigenvalue weighted by atomic mass is 19.3. The van der Waals surface area contributed by atoms with Gasteiger partial charge in [0.1, 0.15) is 11.3 Å². The summed E-state index contributed by atoms with van der Waals surface area (Å²) >= 11 is 0. The fourth-order valence-corrected chi connectivity index (χ4v) is 2.92. The minimum Gasteiger partial charge on any atom is -0.444 e. The molecule has 140 valence electrons. The fourth-order valence-electron chi connectivity index (χ4n) is 2.92. The Morgan fingerprint density at radius 2 is 1.85 bits per heavy atom. The number of aryl methyl sites for hydroxylation is 1. The molecule has 1 amide bonds. The second-order valence-corrected chi connectivity index (χ2v) is 7.60. The molecule has 3 rings (SSSR count). The highest BCUT2D eigenvalue weighted by Gasteiger charge is 2.34. The summed E-state index contributed by atoms with van der Waals surface area (Å²) in [4.78, 5) is 13.7. The van der Waals surface area contributed by atoms with Gasteiger partial charge in [-0.1, -0.05) is 12.1 Å². The SMILES string of the molecule is Cc1cc(C(F)F)nn1-c1ccc(C2CN(C(=O)OC(C)(C)C)C2)cc1. The van der Waals surface area contributed by atoms with Crippen LogP contribution in [0.5, 0.6) is 0 Å². The molecule has 2 heterocycles. The minimum atomic E-state index is -2.58. The molecule has 26 heavy (non-hydrogen) atoms. The molecule has 0 atom stereocenters. The molecule has 2 aromatic rings. The molecule has 1 aromatic carbocycles. The van der Waals surface area contributed by atoms with E-state index in [2.05, 4.69) is 5.10 Å². The molecule has 1 aliphatic heterocycles. The summed E-state index contributed by atoms with van der Waals surface area (Å²) in [6.45, 7) is 8.51. The van der Waals surface area contributed by atoms with Gasteiger partial charge in [-0.3, -0.25) is 0 Å². The summed E-state index contributed by atoms with van der Waals surface area (Å²) in [6.07, 6.45) is -2.87. The van der Waals surface area contributed by atoms with Crippen molar-refractivity contribution in [3.05, 3.63) is 47.3 Å². The minimum absolute atomic E-state index is 0.224. The Balaban J connectivity index is 1.64. The first-order valence-corrected chi connectivity index (χ1v) is 8.57. The summed E-state index contributed by atoms with van der Waals surface area (Å²) in [5, 5.41) is 3.95. The van der Waals surface area contributed by atoms with Crippen LogP contribution < -0.4 is 0 Å². The quantitative estimate of drug-likeness (QED) is 0.809. The molecule has 1 aliphatic rings. The van der Waals surface area contributed by atoms with Gasteiger partial charge in [0.05, 0.1) is 5.69 Å². The summed E-state index contributed by atoms with van der Waals surface area (Å²) in [6, 6.07) is 9.02. The van der Waals surface area contributed by atoms with E-state index in [1.54, 1.807) is 11.8 Å². The third-order valence-electron chi connectivity index (χ3n) is 4.27. The van der Waals surface area contributed by atoms with Crippen LogP contribution in [0.4, 0.5) is 13.6 Å². The smallest absolute Gasteiger partial charge is 0.410 e. The molecular formula is C19H23F2N3O2. The Bertz CT molecular complexity index is 788. The number of ether oxygens (including phenoxy) is 1. The number of amides is 1. The standard InChI is InChI=1S/C19H23F2N3O2/c1-12-9-16(17(20)21)22-24(12)15-7-5-13(6-8-15)14-10-23(11-14)18(25)26-19(2,3)4/h5-9,14,17H,10-11H2,1-4H3. The van der Waals surface area contributed by atoms with E-state index < -0.39 is 12.0 Å². The highest BCUT2D eigenvalue weighted by Crippen LogP contribution is 2.29. The number of rotatable bonds is 3. The van der Waals surface area contributed by atoms with Crippen LogP contribution in [0, 0.1) is 6.92 Å². The average molecular weight is 363 g/mol. The predicted molar refractivity (Wildman–Crippen MR) is 93.8 cm³/mol. The van der Waals surface area contributed by atoms with Crippen molar-refractivity contribution < 1.29 is 18.3 Å². The number of likely N-dealkylation sites (tertiary alicyclic amines) is 1. The Hall–Kier alpha value is -2.44. The third kappa shape index (κ3) is 3.86. The first kappa shape index (κ1) is 18.4. The van der Waals surface area contributed by atoms with E-state index in [9.17, 15) is 13.6 Å². The molecule has 0 N–H and O–H groups in total. The predicted octanol–water partition coefficient (Wildman–Crippen LogP) is 4.45. The number of alkyl halides is 2. The molecule has 0 aliphatic carbocycles. The molecule has 0 unspecified atom stereocenters. The summed E-state index contributed by atoms with van der Waals surface area (Å²) in [5.74, 6) is 0.256. The Kier molecular flexibility index (Phi) is 4.73. The van der Waals surface area contributed by atoms with E-state index in [4.69, 9.17) is 4.74 Å². The van der Waals surface area contributed by atoms with Crippen molar-refractivity contribution >= 4 is 6.09 Å². The first-order chi connectivity index (χ1) is 12.1. The lowest BCUT2D eigenvalue weighted by molar-refractivity contribution is 0.00819. The largest absolute Gasteiger partial charge is 0.444 e. The number of nitrogens with zero attached hydrogens (tertiary/aromatic N) is 3. The van der Waals surface area contributed by atoms with Crippen LogP contribution in [0.1, 0.15) is 50.1 Å². The highest BCUT2D eigenvalue weighted by molar-refractivity contribution is 5.69. The molecule has 0 spiro atoms. The average Bonchev–Trinajstić information content (AvgIpc) is 2.87. The van der Waals surface area contributed by atoms with Crippen LogP contribution in [-0.2, 0) is 4.74 Å². The first-order valence-electron chi connectivity index (χ1n) is 8.57. The van der Waals surface area contributed by atoms with Crippen LogP contribution in [0.3, 0.4) is 0 Å². The van der Waals surface area contributed by atoms with Gasteiger partial charge in [0, 0.05) is 24.7 Å². The zero-order chi connectivity index (χ0) is 19.1. The van der Waals surface area contributed by atoms with Gasteiger partial charge >= 0.3 is 6.09 Å². The lowest BCUT2D eigenvalue weighted by Crippen LogP contribution is -2.50. The van der Waals surface area contributed by atoms with Crippen molar-refractivity contribution in [2.45, 2.75) is 45.6 Å². The molecule has 7 heteroatoms. The molecule has 0 saturated carbocycles. The number of hydrogen-bond acceptors (Lipinski definition) is 3. The van der Waals surface area contributed by atoms with Crippen molar-refractivity contribution in [1.82, 2.24) is 14.7 Å². The maximum Gasteiger partial charge on any atom is 0.410 e. The topological polar surface area (TPSA) is 47.4 Å². The van der Waals surface area contributed by atoms with Gasteiger partial charge in [-0.25, -0.2) is 18.3 Å². The van der Waals surface area contributed by atoms with Gasteiger partial charge in [0.25, 0.3) is 6.43 Å². The molecule has 1 saturated heterocycles. The Morgan fingerprint density at radius 1 is 1.23 bits per heavy atom. The van der Waals surface area contributed by atoms with E-state index in [1.165, 1.54) is 10.7 Å². The van der Waals surface area contributed by atoms with Crippen molar-refractivity contribution in [2.75, 3.05) is 13.1 Å². The summed E-state index contributed by atoms with van der Waals surface area (Å²) < 4.78 is 32.4. The van der Waals surface area contributed by atoms with Crippen molar-refractivity contribution in [3.63, 3.8) is 0 Å². The number of aromatic nitrogens is 2. The van der Waals surface area contributed by atoms with Crippen molar-refractivity contribution in [3.8, 4) is 5.69 Å². The maximum absolute atomic E-state index is 12.8. The number of halogens is 2. The Morgan fingerprint density at radius 3 is 2.35 bits per heavy atom. The van der Waals surface area contributed by atoms with Gasteiger partial charge in [-0.05, 0) is 51.5 Å². The zero-order valence-corrected chi connectivity index (χ0v) is 15.4. The van der Waals surface area contributed by atoms with E-state index in [-0.39, 0.29) is 17.7 Å². The molecule has 0 bridgehead atoms. The van der Waals surface area contributed by atoms with Crippen LogP contribution in [-0.4, -0.2) is 39.5 Å². The number of carbonyl (C=O) groups is 1. The van der Waals surface area contributed by atoms with E-state index in [0.29, 0.717) is 18.8 Å². The van der Waals surface area contributed by atoms with Gasteiger partial charge < -0.3 is 9.64 Å². The Labute approximate surface area is 151 Å². The van der Waals surface area contributed by atoms with Crippen LogP contribution in [0.15, 0.2) is 30.3 Å². The molecule has 1 aromatic heterocycles. The van der Waals surface area contributed by atoms with Gasteiger partial charge in [-0.15, -0.1) is 0 Å². The normalized spacial score (nSPS) is 15.3. The summed E-state index contributed by atoms with van der Waals surface area (Å²) in [5.41, 5.74) is 1.78. The lowest BCUT2D eigenvalue weighted by atomic mass is 9.92. The molecule has 5 nitrogen and oxygen atoms in total. The van der Waals surface area contributed by atoms with Gasteiger partial charge in [0.15, 0.2) is 0 Å².